The lowest BCUT2D eigenvalue weighted by atomic mass is 9.98. The van der Waals surface area contributed by atoms with Crippen molar-refractivity contribution >= 4 is 11.4 Å². The zero-order valence-corrected chi connectivity index (χ0v) is 15.7. The number of imidazole rings is 1. The van der Waals surface area contributed by atoms with Crippen molar-refractivity contribution in [3.05, 3.63) is 65.7 Å². The molecule has 3 aromatic rings. The Morgan fingerprint density at radius 1 is 1.15 bits per heavy atom. The lowest BCUT2D eigenvalue weighted by molar-refractivity contribution is 0.627. The van der Waals surface area contributed by atoms with Crippen LogP contribution in [-0.2, 0) is 13.1 Å². The number of aromatic nitrogens is 2. The van der Waals surface area contributed by atoms with E-state index < -0.39 is 0 Å². The first-order valence-electron chi connectivity index (χ1n) is 9.60. The predicted octanol–water partition coefficient (Wildman–Crippen LogP) is 4.96. The molecule has 0 bridgehead atoms. The Morgan fingerprint density at radius 2 is 1.93 bits per heavy atom. The molecule has 0 N–H and O–H groups in total. The van der Waals surface area contributed by atoms with Crippen molar-refractivity contribution in [2.45, 2.75) is 38.8 Å². The second-order valence-corrected chi connectivity index (χ2v) is 7.44. The molecular formula is C22H23FN4. The van der Waals surface area contributed by atoms with E-state index in [0.717, 1.165) is 24.6 Å². The van der Waals surface area contributed by atoms with E-state index in [0.29, 0.717) is 5.92 Å². The molecule has 4 nitrogen and oxygen atoms in total. The Balaban J connectivity index is 1.59. The average molecular weight is 362 g/mol. The minimum atomic E-state index is -0.206. The van der Waals surface area contributed by atoms with Gasteiger partial charge in [-0.15, -0.1) is 0 Å². The summed E-state index contributed by atoms with van der Waals surface area (Å²) in [5.74, 6) is 1.50. The van der Waals surface area contributed by atoms with Crippen molar-refractivity contribution in [2.24, 2.45) is 0 Å². The fourth-order valence-corrected chi connectivity index (χ4v) is 4.09. The number of benzene rings is 2. The van der Waals surface area contributed by atoms with E-state index in [-0.39, 0.29) is 5.82 Å². The highest BCUT2D eigenvalue weighted by Gasteiger charge is 2.32. The van der Waals surface area contributed by atoms with Crippen LogP contribution in [0.5, 0.6) is 0 Å². The van der Waals surface area contributed by atoms with Crippen molar-refractivity contribution in [2.75, 3.05) is 17.1 Å². The molecule has 2 aliphatic rings. The highest BCUT2D eigenvalue weighted by Crippen LogP contribution is 2.47. The largest absolute Gasteiger partial charge is 0.331 e. The summed E-state index contributed by atoms with van der Waals surface area (Å²) in [4.78, 5) is 4.65. The van der Waals surface area contributed by atoms with Gasteiger partial charge in [-0.25, -0.2) is 9.37 Å². The van der Waals surface area contributed by atoms with Crippen LogP contribution in [0.15, 0.2) is 48.8 Å². The van der Waals surface area contributed by atoms with Crippen LogP contribution in [-0.4, -0.2) is 16.6 Å². The molecule has 5 heteroatoms. The maximum Gasteiger partial charge on any atom is 0.140 e. The molecule has 1 saturated carbocycles. The third-order valence-electron chi connectivity index (χ3n) is 5.72. The molecule has 0 spiro atoms. The van der Waals surface area contributed by atoms with Gasteiger partial charge in [0.2, 0.25) is 0 Å². The molecule has 0 saturated heterocycles. The number of hydrogen-bond acceptors (Lipinski definition) is 3. The number of hydrazine groups is 1. The quantitative estimate of drug-likeness (QED) is 0.656. The highest BCUT2D eigenvalue weighted by molar-refractivity contribution is 5.76. The van der Waals surface area contributed by atoms with Gasteiger partial charge in [0, 0.05) is 31.5 Å². The van der Waals surface area contributed by atoms with Crippen molar-refractivity contribution in [1.82, 2.24) is 9.55 Å². The summed E-state index contributed by atoms with van der Waals surface area (Å²) in [6.07, 6.45) is 6.46. The molecule has 1 aromatic heterocycles. The fourth-order valence-electron chi connectivity index (χ4n) is 4.09. The lowest BCUT2D eigenvalue weighted by Crippen LogP contribution is -2.33. The van der Waals surface area contributed by atoms with Gasteiger partial charge in [-0.1, -0.05) is 6.07 Å². The van der Waals surface area contributed by atoms with Gasteiger partial charge >= 0.3 is 0 Å². The van der Waals surface area contributed by atoms with Gasteiger partial charge in [0.1, 0.15) is 11.6 Å². The van der Waals surface area contributed by atoms with Crippen LogP contribution >= 0.6 is 0 Å². The first-order valence-corrected chi connectivity index (χ1v) is 9.60. The number of rotatable bonds is 4. The molecule has 1 aliphatic carbocycles. The molecular weight excluding hydrogens is 339 g/mol. The van der Waals surface area contributed by atoms with Gasteiger partial charge in [-0.2, -0.15) is 0 Å². The van der Waals surface area contributed by atoms with Crippen molar-refractivity contribution in [3.63, 3.8) is 0 Å². The number of fused-ring (bicyclic) bond motifs is 1. The van der Waals surface area contributed by atoms with E-state index in [4.69, 9.17) is 0 Å². The minimum absolute atomic E-state index is 0.206. The van der Waals surface area contributed by atoms with E-state index in [9.17, 15) is 4.39 Å². The normalized spacial score (nSPS) is 16.1. The topological polar surface area (TPSA) is 24.3 Å². The summed E-state index contributed by atoms with van der Waals surface area (Å²) in [5.41, 5.74) is 6.19. The Kier molecular flexibility index (Phi) is 3.71. The molecule has 0 radical (unpaired) electrons. The van der Waals surface area contributed by atoms with Gasteiger partial charge in [-0.05, 0) is 67.1 Å². The number of anilines is 2. The zero-order valence-electron chi connectivity index (χ0n) is 15.7. The smallest absolute Gasteiger partial charge is 0.140 e. The Morgan fingerprint density at radius 3 is 2.63 bits per heavy atom. The van der Waals surface area contributed by atoms with Gasteiger partial charge in [-0.3, -0.25) is 10.0 Å². The molecule has 1 fully saturated rings. The fraction of sp³-hybridized carbons (Fsp3) is 0.318. The van der Waals surface area contributed by atoms with Gasteiger partial charge in [0.05, 0.1) is 17.9 Å². The summed E-state index contributed by atoms with van der Waals surface area (Å²) in [7, 11) is 2.07. The predicted molar refractivity (Wildman–Crippen MR) is 106 cm³/mol. The molecule has 138 valence electrons. The maximum atomic E-state index is 13.3. The monoisotopic (exact) mass is 362 g/mol. The molecule has 1 aliphatic heterocycles. The molecule has 0 atom stereocenters. The van der Waals surface area contributed by atoms with Crippen LogP contribution in [0.3, 0.4) is 0 Å². The Labute approximate surface area is 158 Å². The van der Waals surface area contributed by atoms with Crippen LogP contribution in [0.2, 0.25) is 0 Å². The highest BCUT2D eigenvalue weighted by atomic mass is 19.1. The maximum absolute atomic E-state index is 13.3. The molecule has 27 heavy (non-hydrogen) atoms. The van der Waals surface area contributed by atoms with Crippen LogP contribution in [0.1, 0.15) is 36.8 Å². The van der Waals surface area contributed by atoms with E-state index >= 15 is 0 Å². The van der Waals surface area contributed by atoms with E-state index in [1.807, 2.05) is 24.5 Å². The van der Waals surface area contributed by atoms with Gasteiger partial charge in [0.25, 0.3) is 0 Å². The Hall–Kier alpha value is -2.82. The third-order valence-corrected chi connectivity index (χ3v) is 5.72. The van der Waals surface area contributed by atoms with Crippen LogP contribution in [0.4, 0.5) is 15.8 Å². The first-order chi connectivity index (χ1) is 13.2. The second kappa shape index (κ2) is 6.12. The van der Waals surface area contributed by atoms with Crippen molar-refractivity contribution in [3.8, 4) is 11.4 Å². The third kappa shape index (κ3) is 2.69. The lowest BCUT2D eigenvalue weighted by Gasteiger charge is -2.28. The average Bonchev–Trinajstić information content (AvgIpc) is 3.34. The zero-order chi connectivity index (χ0) is 18.5. The van der Waals surface area contributed by atoms with Crippen LogP contribution in [0, 0.1) is 5.82 Å². The first kappa shape index (κ1) is 16.4. The molecule has 0 amide bonds. The molecule has 5 rings (SSSR count). The van der Waals surface area contributed by atoms with E-state index in [1.54, 1.807) is 0 Å². The molecule has 2 aromatic carbocycles. The van der Waals surface area contributed by atoms with Crippen LogP contribution < -0.4 is 10.0 Å². The summed E-state index contributed by atoms with van der Waals surface area (Å²) < 4.78 is 15.5. The number of aryl methyl sites for hydroxylation is 1. The summed E-state index contributed by atoms with van der Waals surface area (Å²) >= 11 is 0. The van der Waals surface area contributed by atoms with Gasteiger partial charge in [0.15, 0.2) is 0 Å². The Bertz CT molecular complexity index is 988. The number of hydrogen-bond donors (Lipinski definition) is 0. The molecule has 2 heterocycles. The van der Waals surface area contributed by atoms with E-state index in [1.165, 1.54) is 47.4 Å². The van der Waals surface area contributed by atoms with E-state index in [2.05, 4.69) is 45.7 Å². The number of nitrogens with zero attached hydrogens (tertiary/aromatic N) is 4. The number of halogens is 1. The van der Waals surface area contributed by atoms with Crippen molar-refractivity contribution in [1.29, 1.82) is 0 Å². The van der Waals surface area contributed by atoms with Crippen molar-refractivity contribution < 1.29 is 4.39 Å². The standard InChI is InChI=1S/C22H23FN4/c1-3-26-11-10-24-22(26)20-13-21-16(12-19(20)15-4-5-15)14-27(25(21)2)18-8-6-17(23)7-9-18/h6-13,15H,3-5,14H2,1-2H3. The SMILES string of the molecule is CCn1ccnc1-c1cc2c(cc1C1CC1)CN(c1ccc(F)cc1)N2C. The summed E-state index contributed by atoms with van der Waals surface area (Å²) in [5, 5.41) is 4.36. The summed E-state index contributed by atoms with van der Waals surface area (Å²) in [6.45, 7) is 3.87. The molecule has 0 unspecified atom stereocenters. The van der Waals surface area contributed by atoms with Crippen LogP contribution in [0.25, 0.3) is 11.4 Å². The minimum Gasteiger partial charge on any atom is -0.331 e. The second-order valence-electron chi connectivity index (χ2n) is 7.44. The summed E-state index contributed by atoms with van der Waals surface area (Å²) in [6, 6.07) is 11.4. The van der Waals surface area contributed by atoms with Gasteiger partial charge < -0.3 is 4.57 Å².